The zero-order chi connectivity index (χ0) is 20.8. The summed E-state index contributed by atoms with van der Waals surface area (Å²) >= 11 is 0. The average Bonchev–Trinajstić information content (AvgIpc) is 3.13. The van der Waals surface area contributed by atoms with Crippen molar-refractivity contribution in [2.45, 2.75) is 12.0 Å². The standard InChI is InChI=1S/C22H26O7/c1-25-13-28-18-7-6-15(11-19(18)26-2)21-17(12-24)16-9-14(5-4-8-23)10-20(27-3)22(16)29-21/h4-7,9-11,17,21,23-24H,8,12-13H2,1-3H3/b5-4+/t17-,21+/m1/s1. The Hall–Kier alpha value is -2.74. The quantitative estimate of drug-likeness (QED) is 0.624. The maximum absolute atomic E-state index is 10.1. The van der Waals surface area contributed by atoms with E-state index < -0.39 is 6.10 Å². The fourth-order valence-electron chi connectivity index (χ4n) is 3.45. The number of hydrogen-bond donors (Lipinski definition) is 2. The minimum Gasteiger partial charge on any atom is -0.493 e. The van der Waals surface area contributed by atoms with E-state index in [0.29, 0.717) is 23.0 Å². The molecule has 0 radical (unpaired) electrons. The van der Waals surface area contributed by atoms with Gasteiger partial charge in [-0.25, -0.2) is 0 Å². The van der Waals surface area contributed by atoms with Crippen LogP contribution in [0.25, 0.3) is 6.08 Å². The van der Waals surface area contributed by atoms with Crippen LogP contribution in [0.1, 0.15) is 28.7 Å². The van der Waals surface area contributed by atoms with E-state index in [4.69, 9.17) is 28.8 Å². The summed E-state index contributed by atoms with van der Waals surface area (Å²) in [5.41, 5.74) is 2.56. The topological polar surface area (TPSA) is 86.6 Å². The maximum Gasteiger partial charge on any atom is 0.188 e. The Morgan fingerprint density at radius 3 is 2.45 bits per heavy atom. The minimum atomic E-state index is -0.411. The first-order valence-corrected chi connectivity index (χ1v) is 9.23. The fourth-order valence-corrected chi connectivity index (χ4v) is 3.45. The van der Waals surface area contributed by atoms with Crippen LogP contribution in [-0.2, 0) is 4.74 Å². The normalized spacial score (nSPS) is 17.8. The van der Waals surface area contributed by atoms with Crippen LogP contribution in [0, 0.1) is 0 Å². The Kier molecular flexibility index (Phi) is 6.98. The molecule has 0 unspecified atom stereocenters. The second-order valence-electron chi connectivity index (χ2n) is 6.52. The van der Waals surface area contributed by atoms with Crippen LogP contribution in [0.4, 0.5) is 0 Å². The molecule has 3 rings (SSSR count). The number of benzene rings is 2. The molecule has 0 fully saturated rings. The summed E-state index contributed by atoms with van der Waals surface area (Å²) in [6, 6.07) is 9.29. The second kappa shape index (κ2) is 9.65. The summed E-state index contributed by atoms with van der Waals surface area (Å²) in [7, 11) is 4.69. The molecule has 1 aliphatic rings. The molecular weight excluding hydrogens is 376 g/mol. The lowest BCUT2D eigenvalue weighted by Gasteiger charge is -2.19. The molecule has 0 spiro atoms. The van der Waals surface area contributed by atoms with Crippen LogP contribution in [0.15, 0.2) is 36.4 Å². The van der Waals surface area contributed by atoms with E-state index >= 15 is 0 Å². The Balaban J connectivity index is 1.98. The first-order chi connectivity index (χ1) is 14.2. The van der Waals surface area contributed by atoms with Crippen LogP contribution in [-0.4, -0.2) is 51.5 Å². The van der Waals surface area contributed by atoms with Crippen molar-refractivity contribution < 1.29 is 33.9 Å². The molecule has 7 heteroatoms. The Morgan fingerprint density at radius 2 is 1.79 bits per heavy atom. The highest BCUT2D eigenvalue weighted by molar-refractivity contribution is 5.62. The summed E-state index contributed by atoms with van der Waals surface area (Å²) in [5.74, 6) is 2.01. The van der Waals surface area contributed by atoms with Gasteiger partial charge in [0.2, 0.25) is 0 Å². The van der Waals surface area contributed by atoms with Gasteiger partial charge in [-0.3, -0.25) is 0 Å². The summed E-state index contributed by atoms with van der Waals surface area (Å²) < 4.78 is 27.6. The van der Waals surface area contributed by atoms with Gasteiger partial charge in [0.05, 0.1) is 33.4 Å². The molecule has 2 aromatic rings. The van der Waals surface area contributed by atoms with E-state index in [9.17, 15) is 5.11 Å². The van der Waals surface area contributed by atoms with E-state index in [-0.39, 0.29) is 25.9 Å². The first-order valence-electron chi connectivity index (χ1n) is 9.23. The molecule has 0 saturated heterocycles. The van der Waals surface area contributed by atoms with Gasteiger partial charge in [-0.05, 0) is 35.4 Å². The van der Waals surface area contributed by atoms with E-state index in [1.165, 1.54) is 0 Å². The number of rotatable bonds is 9. The molecule has 0 amide bonds. The highest BCUT2D eigenvalue weighted by Gasteiger charge is 2.38. The molecule has 0 bridgehead atoms. The minimum absolute atomic E-state index is 0.0563. The van der Waals surface area contributed by atoms with E-state index in [0.717, 1.165) is 16.7 Å². The van der Waals surface area contributed by atoms with Crippen LogP contribution in [0.3, 0.4) is 0 Å². The summed E-state index contributed by atoms with van der Waals surface area (Å²) in [6.45, 7) is -0.0425. The van der Waals surface area contributed by atoms with Gasteiger partial charge in [-0.15, -0.1) is 0 Å². The Morgan fingerprint density at radius 1 is 1.00 bits per heavy atom. The van der Waals surface area contributed by atoms with Crippen LogP contribution in [0.2, 0.25) is 0 Å². The molecule has 1 aliphatic heterocycles. The third-order valence-electron chi connectivity index (χ3n) is 4.80. The average molecular weight is 402 g/mol. The zero-order valence-electron chi connectivity index (χ0n) is 16.8. The van der Waals surface area contributed by atoms with Crippen molar-refractivity contribution in [1.82, 2.24) is 0 Å². The number of ether oxygens (including phenoxy) is 5. The molecular formula is C22H26O7. The Labute approximate surface area is 170 Å². The van der Waals surface area contributed by atoms with Crippen molar-refractivity contribution in [1.29, 1.82) is 0 Å². The summed E-state index contributed by atoms with van der Waals surface area (Å²) in [4.78, 5) is 0. The maximum atomic E-state index is 10.1. The molecule has 156 valence electrons. The molecule has 2 N–H and O–H groups in total. The highest BCUT2D eigenvalue weighted by Crippen LogP contribution is 2.51. The predicted octanol–water partition coefficient (Wildman–Crippen LogP) is 2.90. The summed E-state index contributed by atoms with van der Waals surface area (Å²) in [6.07, 6.45) is 3.04. The molecule has 2 atom stereocenters. The fraction of sp³-hybridized carbons (Fsp3) is 0.364. The molecule has 7 nitrogen and oxygen atoms in total. The molecule has 0 aliphatic carbocycles. The molecule has 0 aromatic heterocycles. The van der Waals surface area contributed by atoms with Gasteiger partial charge in [0.15, 0.2) is 29.8 Å². The summed E-state index contributed by atoms with van der Waals surface area (Å²) in [5, 5.41) is 19.2. The predicted molar refractivity (Wildman–Crippen MR) is 108 cm³/mol. The van der Waals surface area contributed by atoms with E-state index in [2.05, 4.69) is 0 Å². The second-order valence-corrected chi connectivity index (χ2v) is 6.52. The van der Waals surface area contributed by atoms with Gasteiger partial charge < -0.3 is 33.9 Å². The number of aliphatic hydroxyl groups is 2. The molecule has 2 aromatic carbocycles. The van der Waals surface area contributed by atoms with E-state index in [1.54, 1.807) is 39.5 Å². The lowest BCUT2D eigenvalue weighted by atomic mass is 9.90. The largest absolute Gasteiger partial charge is 0.493 e. The monoisotopic (exact) mass is 402 g/mol. The molecule has 29 heavy (non-hydrogen) atoms. The van der Waals surface area contributed by atoms with Crippen molar-refractivity contribution in [2.24, 2.45) is 0 Å². The highest BCUT2D eigenvalue weighted by atomic mass is 16.7. The van der Waals surface area contributed by atoms with Gasteiger partial charge in [-0.2, -0.15) is 0 Å². The van der Waals surface area contributed by atoms with Crippen molar-refractivity contribution in [3.63, 3.8) is 0 Å². The van der Waals surface area contributed by atoms with Crippen molar-refractivity contribution in [3.05, 3.63) is 53.1 Å². The van der Waals surface area contributed by atoms with Crippen molar-refractivity contribution in [3.8, 4) is 23.0 Å². The van der Waals surface area contributed by atoms with Gasteiger partial charge >= 0.3 is 0 Å². The lowest BCUT2D eigenvalue weighted by Crippen LogP contribution is -2.13. The Bertz CT molecular complexity index is 862. The number of aliphatic hydroxyl groups excluding tert-OH is 2. The first kappa shape index (κ1) is 21.0. The van der Waals surface area contributed by atoms with Crippen LogP contribution >= 0.6 is 0 Å². The van der Waals surface area contributed by atoms with E-state index in [1.807, 2.05) is 24.3 Å². The third-order valence-corrected chi connectivity index (χ3v) is 4.80. The lowest BCUT2D eigenvalue weighted by molar-refractivity contribution is 0.0491. The van der Waals surface area contributed by atoms with Gasteiger partial charge in [-0.1, -0.05) is 18.2 Å². The number of methoxy groups -OCH3 is 3. The smallest absolute Gasteiger partial charge is 0.188 e. The van der Waals surface area contributed by atoms with Crippen molar-refractivity contribution in [2.75, 3.05) is 41.3 Å². The molecule has 0 saturated carbocycles. The molecule has 1 heterocycles. The number of hydrogen-bond acceptors (Lipinski definition) is 7. The van der Waals surface area contributed by atoms with Gasteiger partial charge in [0.25, 0.3) is 0 Å². The van der Waals surface area contributed by atoms with Crippen LogP contribution in [0.5, 0.6) is 23.0 Å². The van der Waals surface area contributed by atoms with Crippen LogP contribution < -0.4 is 18.9 Å². The third kappa shape index (κ3) is 4.32. The SMILES string of the molecule is COCOc1ccc([C@@H]2Oc3c(OC)cc(/C=C/CO)cc3[C@H]2CO)cc1OC. The number of fused-ring (bicyclic) bond motifs is 1. The van der Waals surface area contributed by atoms with Crippen molar-refractivity contribution >= 4 is 6.08 Å². The van der Waals surface area contributed by atoms with Gasteiger partial charge in [0.1, 0.15) is 6.10 Å². The van der Waals surface area contributed by atoms with Gasteiger partial charge in [0, 0.05) is 12.7 Å². The zero-order valence-corrected chi connectivity index (χ0v) is 16.8.